The lowest BCUT2D eigenvalue weighted by molar-refractivity contribution is 0.307. The maximum Gasteiger partial charge on any atom is 0.268 e. The molecule has 1 heterocycles. The van der Waals surface area contributed by atoms with Gasteiger partial charge in [0.1, 0.15) is 5.75 Å². The number of hydrogen-bond donors (Lipinski definition) is 0. The molecule has 5 heteroatoms. The molecule has 0 saturated carbocycles. The average Bonchev–Trinajstić information content (AvgIpc) is 2.70. The van der Waals surface area contributed by atoms with Crippen LogP contribution in [0.3, 0.4) is 0 Å². The fraction of sp³-hybridized carbons (Fsp3) is 0.500. The molecule has 0 aromatic heterocycles. The van der Waals surface area contributed by atoms with E-state index in [9.17, 15) is 8.42 Å². The van der Waals surface area contributed by atoms with Gasteiger partial charge in [0, 0.05) is 11.5 Å². The van der Waals surface area contributed by atoms with Crippen molar-refractivity contribution in [2.75, 3.05) is 19.0 Å². The van der Waals surface area contributed by atoms with Crippen molar-refractivity contribution < 1.29 is 17.3 Å². The number of para-hydroxylation sites is 1. The SMILES string of the molecule is CCCOS(=O)(=O)CC1COc2ccccc21. The summed E-state index contributed by atoms with van der Waals surface area (Å²) in [5.41, 5.74) is 0.955. The van der Waals surface area contributed by atoms with Gasteiger partial charge in [0.05, 0.1) is 19.0 Å². The van der Waals surface area contributed by atoms with Gasteiger partial charge in [-0.1, -0.05) is 25.1 Å². The normalized spacial score (nSPS) is 18.8. The molecule has 0 saturated heterocycles. The molecular formula is C12H16O4S. The third kappa shape index (κ3) is 2.98. The minimum atomic E-state index is -3.45. The van der Waals surface area contributed by atoms with Crippen LogP contribution >= 0.6 is 0 Å². The molecule has 1 atom stereocenters. The van der Waals surface area contributed by atoms with Gasteiger partial charge in [-0.3, -0.25) is 4.18 Å². The summed E-state index contributed by atoms with van der Waals surface area (Å²) < 4.78 is 33.7. The van der Waals surface area contributed by atoms with Crippen molar-refractivity contribution >= 4 is 10.1 Å². The van der Waals surface area contributed by atoms with Crippen molar-refractivity contribution in [3.8, 4) is 5.75 Å². The van der Waals surface area contributed by atoms with Crippen LogP contribution in [0.5, 0.6) is 5.75 Å². The van der Waals surface area contributed by atoms with Gasteiger partial charge in [-0.25, -0.2) is 0 Å². The zero-order valence-corrected chi connectivity index (χ0v) is 10.6. The van der Waals surface area contributed by atoms with E-state index in [1.807, 2.05) is 31.2 Å². The van der Waals surface area contributed by atoms with Crippen LogP contribution in [0.2, 0.25) is 0 Å². The topological polar surface area (TPSA) is 52.6 Å². The predicted molar refractivity (Wildman–Crippen MR) is 64.7 cm³/mol. The Kier molecular flexibility index (Phi) is 3.69. The van der Waals surface area contributed by atoms with Gasteiger partial charge >= 0.3 is 0 Å². The molecule has 94 valence electrons. The Balaban J connectivity index is 2.07. The lowest BCUT2D eigenvalue weighted by Crippen LogP contribution is -2.18. The van der Waals surface area contributed by atoms with Crippen LogP contribution in [0.15, 0.2) is 24.3 Å². The predicted octanol–water partition coefficient (Wildman–Crippen LogP) is 1.92. The van der Waals surface area contributed by atoms with Crippen LogP contribution in [-0.2, 0) is 14.3 Å². The first-order chi connectivity index (χ1) is 8.12. The van der Waals surface area contributed by atoms with Crippen LogP contribution in [0.25, 0.3) is 0 Å². The van der Waals surface area contributed by atoms with Crippen molar-refractivity contribution in [3.05, 3.63) is 29.8 Å². The summed E-state index contributed by atoms with van der Waals surface area (Å²) in [7, 11) is -3.45. The van der Waals surface area contributed by atoms with Crippen molar-refractivity contribution in [2.45, 2.75) is 19.3 Å². The highest BCUT2D eigenvalue weighted by Crippen LogP contribution is 2.34. The van der Waals surface area contributed by atoms with Crippen molar-refractivity contribution in [2.24, 2.45) is 0 Å². The van der Waals surface area contributed by atoms with E-state index < -0.39 is 10.1 Å². The third-order valence-corrected chi connectivity index (χ3v) is 4.01. The first-order valence-electron chi connectivity index (χ1n) is 5.71. The Bertz CT molecular complexity index is 481. The molecule has 17 heavy (non-hydrogen) atoms. The highest BCUT2D eigenvalue weighted by molar-refractivity contribution is 7.86. The molecule has 0 fully saturated rings. The van der Waals surface area contributed by atoms with E-state index in [1.165, 1.54) is 0 Å². The van der Waals surface area contributed by atoms with Gasteiger partial charge in [0.25, 0.3) is 10.1 Å². The smallest absolute Gasteiger partial charge is 0.268 e. The second kappa shape index (κ2) is 5.06. The molecule has 0 N–H and O–H groups in total. The lowest BCUT2D eigenvalue weighted by Gasteiger charge is -2.09. The Hall–Kier alpha value is -1.07. The highest BCUT2D eigenvalue weighted by atomic mass is 32.2. The molecule has 1 unspecified atom stereocenters. The quantitative estimate of drug-likeness (QED) is 0.755. The third-order valence-electron chi connectivity index (χ3n) is 2.67. The molecule has 2 rings (SSSR count). The molecule has 1 aromatic rings. The van der Waals surface area contributed by atoms with Crippen molar-refractivity contribution in [1.82, 2.24) is 0 Å². The molecule has 1 aromatic carbocycles. The van der Waals surface area contributed by atoms with Gasteiger partial charge in [0.2, 0.25) is 0 Å². The summed E-state index contributed by atoms with van der Waals surface area (Å²) in [6, 6.07) is 7.53. The number of rotatable bonds is 5. The molecule has 4 nitrogen and oxygen atoms in total. The molecule has 0 bridgehead atoms. The van der Waals surface area contributed by atoms with E-state index in [0.717, 1.165) is 11.3 Å². The zero-order valence-electron chi connectivity index (χ0n) is 9.76. The first kappa shape index (κ1) is 12.4. The summed E-state index contributed by atoms with van der Waals surface area (Å²) in [5, 5.41) is 0. The van der Waals surface area contributed by atoms with Crippen molar-refractivity contribution in [3.63, 3.8) is 0 Å². The van der Waals surface area contributed by atoms with E-state index in [1.54, 1.807) is 0 Å². The Morgan fingerprint density at radius 2 is 2.18 bits per heavy atom. The number of fused-ring (bicyclic) bond motifs is 1. The maximum absolute atomic E-state index is 11.7. The summed E-state index contributed by atoms with van der Waals surface area (Å²) in [6.45, 7) is 2.54. The van der Waals surface area contributed by atoms with Crippen LogP contribution in [0.4, 0.5) is 0 Å². The van der Waals surface area contributed by atoms with Crippen LogP contribution in [-0.4, -0.2) is 27.4 Å². The molecule has 0 radical (unpaired) electrons. The summed E-state index contributed by atoms with van der Waals surface area (Å²) in [5.74, 6) is 0.653. The van der Waals surface area contributed by atoms with Gasteiger partial charge in [0.15, 0.2) is 0 Å². The monoisotopic (exact) mass is 256 g/mol. The highest BCUT2D eigenvalue weighted by Gasteiger charge is 2.28. The molecule has 0 spiro atoms. The number of hydrogen-bond acceptors (Lipinski definition) is 4. The average molecular weight is 256 g/mol. The molecule has 0 amide bonds. The van der Waals surface area contributed by atoms with Crippen LogP contribution in [0, 0.1) is 0 Å². The van der Waals surface area contributed by atoms with E-state index in [0.29, 0.717) is 13.0 Å². The Morgan fingerprint density at radius 1 is 1.41 bits per heavy atom. The van der Waals surface area contributed by atoms with Gasteiger partial charge < -0.3 is 4.74 Å². The summed E-state index contributed by atoms with van der Waals surface area (Å²) in [4.78, 5) is 0. The second-order valence-corrected chi connectivity index (χ2v) is 5.78. The molecule has 1 aliphatic rings. The largest absolute Gasteiger partial charge is 0.493 e. The molecular weight excluding hydrogens is 240 g/mol. The van der Waals surface area contributed by atoms with Gasteiger partial charge in [-0.15, -0.1) is 0 Å². The first-order valence-corrected chi connectivity index (χ1v) is 7.29. The summed E-state index contributed by atoms with van der Waals surface area (Å²) in [6.07, 6.45) is 0.691. The van der Waals surface area contributed by atoms with Crippen molar-refractivity contribution in [1.29, 1.82) is 0 Å². The van der Waals surface area contributed by atoms with Crippen LogP contribution in [0.1, 0.15) is 24.8 Å². The number of ether oxygens (including phenoxy) is 1. The summed E-state index contributed by atoms with van der Waals surface area (Å²) >= 11 is 0. The second-order valence-electron chi connectivity index (χ2n) is 4.09. The standard InChI is InChI=1S/C12H16O4S/c1-2-7-16-17(13,14)9-10-8-15-12-6-4-3-5-11(10)12/h3-6,10H,2,7-9H2,1H3. The Labute approximate surface area is 102 Å². The number of benzene rings is 1. The van der Waals surface area contributed by atoms with E-state index in [-0.39, 0.29) is 18.3 Å². The van der Waals surface area contributed by atoms with Crippen LogP contribution < -0.4 is 4.74 Å². The minimum absolute atomic E-state index is 0.00991. The fourth-order valence-electron chi connectivity index (χ4n) is 1.87. The Morgan fingerprint density at radius 3 is 2.94 bits per heavy atom. The van der Waals surface area contributed by atoms with E-state index in [4.69, 9.17) is 8.92 Å². The van der Waals surface area contributed by atoms with E-state index >= 15 is 0 Å². The zero-order chi connectivity index (χ0) is 12.3. The van der Waals surface area contributed by atoms with Gasteiger partial charge in [-0.2, -0.15) is 8.42 Å². The molecule has 1 aliphatic heterocycles. The van der Waals surface area contributed by atoms with Gasteiger partial charge in [-0.05, 0) is 12.5 Å². The fourth-order valence-corrected chi connectivity index (χ4v) is 3.16. The van der Waals surface area contributed by atoms with E-state index in [2.05, 4.69) is 0 Å². The minimum Gasteiger partial charge on any atom is -0.493 e. The molecule has 0 aliphatic carbocycles. The lowest BCUT2D eigenvalue weighted by atomic mass is 10.0. The maximum atomic E-state index is 11.7.